The van der Waals surface area contributed by atoms with Crippen LogP contribution < -0.4 is 11.2 Å². The first-order valence-corrected chi connectivity index (χ1v) is 11.4. The summed E-state index contributed by atoms with van der Waals surface area (Å²) in [7, 11) is 0. The van der Waals surface area contributed by atoms with Crippen LogP contribution in [0.15, 0.2) is 101 Å². The fourth-order valence-corrected chi connectivity index (χ4v) is 4.34. The lowest BCUT2D eigenvalue weighted by atomic mass is 10.1. The minimum atomic E-state index is -0.342. The fourth-order valence-electron chi connectivity index (χ4n) is 4.34. The number of aryl methyl sites for hydroxylation is 2. The van der Waals surface area contributed by atoms with E-state index in [-0.39, 0.29) is 11.2 Å². The number of para-hydroxylation sites is 2. The predicted molar refractivity (Wildman–Crippen MR) is 135 cm³/mol. The van der Waals surface area contributed by atoms with Crippen molar-refractivity contribution in [3.8, 4) is 11.8 Å². The molecule has 35 heavy (non-hydrogen) atoms. The Balaban J connectivity index is 1.41. The second kappa shape index (κ2) is 9.65. The van der Waals surface area contributed by atoms with E-state index < -0.39 is 0 Å². The Morgan fingerprint density at radius 3 is 2.40 bits per heavy atom. The molecule has 5 aromatic rings. The number of imidazole rings is 1. The van der Waals surface area contributed by atoms with Gasteiger partial charge in [0.25, 0.3) is 5.56 Å². The standard InChI is InChI=1S/C28H23N5O2/c29-17-21-12-14-22(15-13-21)19-31-20-30-18-24(31)9-6-16-32-26-11-5-4-10-25(26)27(34)33(28(32)35)23-7-2-1-3-8-23/h1-5,7-8,10-15,18,20H,6,9,16,19H2. The third-order valence-corrected chi connectivity index (χ3v) is 6.11. The molecule has 0 bridgehead atoms. The molecule has 5 rings (SSSR count). The van der Waals surface area contributed by atoms with Crippen LogP contribution in [0, 0.1) is 11.3 Å². The number of benzene rings is 3. The molecule has 0 spiro atoms. The Morgan fingerprint density at radius 1 is 0.886 bits per heavy atom. The van der Waals surface area contributed by atoms with Crippen molar-refractivity contribution in [2.24, 2.45) is 0 Å². The van der Waals surface area contributed by atoms with E-state index in [4.69, 9.17) is 5.26 Å². The molecule has 2 heterocycles. The van der Waals surface area contributed by atoms with Gasteiger partial charge >= 0.3 is 5.69 Å². The second-order valence-corrected chi connectivity index (χ2v) is 8.35. The zero-order chi connectivity index (χ0) is 24.2. The number of aromatic nitrogens is 4. The van der Waals surface area contributed by atoms with E-state index in [1.165, 1.54) is 4.57 Å². The Hall–Kier alpha value is -4.70. The van der Waals surface area contributed by atoms with Crippen LogP contribution in [-0.2, 0) is 19.5 Å². The topological polar surface area (TPSA) is 85.6 Å². The third kappa shape index (κ3) is 4.42. The first-order chi connectivity index (χ1) is 17.2. The SMILES string of the molecule is N#Cc1ccc(Cn2cncc2CCCn2c(=O)n(-c3ccccc3)c(=O)c3ccccc32)cc1. The summed E-state index contributed by atoms with van der Waals surface area (Å²) in [5.41, 5.74) is 3.32. The smallest absolute Gasteiger partial charge is 0.330 e. The number of fused-ring (bicyclic) bond motifs is 1. The molecular formula is C28H23N5O2. The van der Waals surface area contributed by atoms with Crippen LogP contribution >= 0.6 is 0 Å². The van der Waals surface area contributed by atoms with Crippen molar-refractivity contribution < 1.29 is 0 Å². The molecule has 0 unspecified atom stereocenters. The second-order valence-electron chi connectivity index (χ2n) is 8.35. The largest absolute Gasteiger partial charge is 0.336 e. The van der Waals surface area contributed by atoms with Crippen molar-refractivity contribution in [1.82, 2.24) is 18.7 Å². The zero-order valence-electron chi connectivity index (χ0n) is 19.0. The molecule has 0 amide bonds. The number of hydrogen-bond acceptors (Lipinski definition) is 4. The van der Waals surface area contributed by atoms with Crippen LogP contribution in [0.2, 0.25) is 0 Å². The minimum absolute atomic E-state index is 0.312. The molecule has 172 valence electrons. The van der Waals surface area contributed by atoms with Crippen molar-refractivity contribution in [3.05, 3.63) is 129 Å². The lowest BCUT2D eigenvalue weighted by molar-refractivity contribution is 0.595. The number of nitrogens with zero attached hydrogens (tertiary/aromatic N) is 5. The quantitative estimate of drug-likeness (QED) is 0.368. The molecular weight excluding hydrogens is 438 g/mol. The van der Waals surface area contributed by atoms with Gasteiger partial charge in [-0.1, -0.05) is 42.5 Å². The molecule has 0 aliphatic rings. The first-order valence-electron chi connectivity index (χ1n) is 11.4. The van der Waals surface area contributed by atoms with Gasteiger partial charge in [0.2, 0.25) is 0 Å². The molecule has 0 aliphatic carbocycles. The van der Waals surface area contributed by atoms with Crippen molar-refractivity contribution in [1.29, 1.82) is 5.26 Å². The summed E-state index contributed by atoms with van der Waals surface area (Å²) in [6, 6.07) is 25.9. The van der Waals surface area contributed by atoms with Crippen molar-refractivity contribution in [2.45, 2.75) is 25.9 Å². The average Bonchev–Trinajstić information content (AvgIpc) is 3.34. The van der Waals surface area contributed by atoms with Gasteiger partial charge in [-0.2, -0.15) is 5.26 Å². The van der Waals surface area contributed by atoms with Gasteiger partial charge in [-0.25, -0.2) is 14.3 Å². The van der Waals surface area contributed by atoms with Gasteiger partial charge in [0, 0.05) is 25.0 Å². The van der Waals surface area contributed by atoms with Gasteiger partial charge in [0.1, 0.15) is 0 Å². The summed E-state index contributed by atoms with van der Waals surface area (Å²) < 4.78 is 5.01. The molecule has 7 nitrogen and oxygen atoms in total. The summed E-state index contributed by atoms with van der Waals surface area (Å²) >= 11 is 0. The van der Waals surface area contributed by atoms with Gasteiger partial charge in [-0.05, 0) is 54.8 Å². The summed E-state index contributed by atoms with van der Waals surface area (Å²) in [6.07, 6.45) is 5.07. The maximum atomic E-state index is 13.4. The zero-order valence-corrected chi connectivity index (χ0v) is 19.0. The van der Waals surface area contributed by atoms with E-state index in [1.54, 1.807) is 29.1 Å². The molecule has 0 fully saturated rings. The van der Waals surface area contributed by atoms with E-state index in [0.717, 1.165) is 17.7 Å². The highest BCUT2D eigenvalue weighted by Crippen LogP contribution is 2.13. The van der Waals surface area contributed by atoms with Crippen LogP contribution in [0.3, 0.4) is 0 Å². The highest BCUT2D eigenvalue weighted by Gasteiger charge is 2.14. The lowest BCUT2D eigenvalue weighted by Crippen LogP contribution is -2.39. The molecule has 0 saturated carbocycles. The van der Waals surface area contributed by atoms with Crippen LogP contribution in [0.5, 0.6) is 0 Å². The Kier molecular flexibility index (Phi) is 6.10. The predicted octanol–water partition coefficient (Wildman–Crippen LogP) is 3.90. The maximum Gasteiger partial charge on any atom is 0.336 e. The molecule has 0 atom stereocenters. The fraction of sp³-hybridized carbons (Fsp3) is 0.143. The van der Waals surface area contributed by atoms with E-state index >= 15 is 0 Å². The average molecular weight is 462 g/mol. The van der Waals surface area contributed by atoms with Crippen LogP contribution in [0.1, 0.15) is 23.2 Å². The lowest BCUT2D eigenvalue weighted by Gasteiger charge is -2.14. The van der Waals surface area contributed by atoms with Gasteiger partial charge in [0.15, 0.2) is 0 Å². The van der Waals surface area contributed by atoms with Crippen LogP contribution in [0.4, 0.5) is 0 Å². The maximum absolute atomic E-state index is 13.4. The number of rotatable bonds is 7. The van der Waals surface area contributed by atoms with E-state index in [2.05, 4.69) is 15.6 Å². The summed E-state index contributed by atoms with van der Waals surface area (Å²) in [5.74, 6) is 0. The number of nitriles is 1. The summed E-state index contributed by atoms with van der Waals surface area (Å²) in [5, 5.41) is 9.51. The van der Waals surface area contributed by atoms with E-state index in [9.17, 15) is 9.59 Å². The molecule has 0 saturated heterocycles. The van der Waals surface area contributed by atoms with Gasteiger partial charge in [-0.15, -0.1) is 0 Å². The van der Waals surface area contributed by atoms with E-state index in [1.807, 2.05) is 66.9 Å². The van der Waals surface area contributed by atoms with Gasteiger partial charge < -0.3 is 4.57 Å². The number of hydrogen-bond donors (Lipinski definition) is 0. The van der Waals surface area contributed by atoms with Crippen molar-refractivity contribution in [3.63, 3.8) is 0 Å². The van der Waals surface area contributed by atoms with Crippen LogP contribution in [-0.4, -0.2) is 18.7 Å². The minimum Gasteiger partial charge on any atom is -0.330 e. The highest BCUT2D eigenvalue weighted by molar-refractivity contribution is 5.78. The highest BCUT2D eigenvalue weighted by atomic mass is 16.2. The molecule has 3 aromatic carbocycles. The summed E-state index contributed by atoms with van der Waals surface area (Å²) in [6.45, 7) is 1.12. The normalized spacial score (nSPS) is 10.9. The Bertz CT molecular complexity index is 1640. The molecule has 0 radical (unpaired) electrons. The van der Waals surface area contributed by atoms with Crippen molar-refractivity contribution in [2.75, 3.05) is 0 Å². The Labute approximate surface area is 201 Å². The molecule has 2 aromatic heterocycles. The molecule has 7 heteroatoms. The van der Waals surface area contributed by atoms with E-state index in [0.29, 0.717) is 41.7 Å². The van der Waals surface area contributed by atoms with Crippen molar-refractivity contribution >= 4 is 10.9 Å². The molecule has 0 N–H and O–H groups in total. The molecule has 0 aliphatic heterocycles. The first kappa shape index (κ1) is 22.1. The third-order valence-electron chi connectivity index (χ3n) is 6.11. The van der Waals surface area contributed by atoms with Gasteiger partial charge in [-0.3, -0.25) is 9.36 Å². The van der Waals surface area contributed by atoms with Crippen LogP contribution in [0.25, 0.3) is 16.6 Å². The summed E-state index contributed by atoms with van der Waals surface area (Å²) in [4.78, 5) is 30.9. The monoisotopic (exact) mass is 461 g/mol. The Morgan fingerprint density at radius 2 is 1.63 bits per heavy atom. The van der Waals surface area contributed by atoms with Gasteiger partial charge in [0.05, 0.1) is 34.6 Å².